The first-order valence-corrected chi connectivity index (χ1v) is 7.26. The highest BCUT2D eigenvalue weighted by atomic mass is 19.1. The number of aryl methyl sites for hydroxylation is 1. The summed E-state index contributed by atoms with van der Waals surface area (Å²) in [6.45, 7) is 0.734. The standard InChI is InChI=1S/C17H17FN2/c18-14-6-2-4-8-17(14)20-10-9-13-12-5-1-3-7-15(12)19-16(13)11-20/h2,4,6,8-9,11,19H,1,3,5,7,10H2. The van der Waals surface area contributed by atoms with Crippen molar-refractivity contribution in [3.05, 3.63) is 51.9 Å². The first-order valence-electron chi connectivity index (χ1n) is 7.26. The Hall–Kier alpha value is -2.03. The first kappa shape index (κ1) is 11.8. The summed E-state index contributed by atoms with van der Waals surface area (Å²) >= 11 is 0. The van der Waals surface area contributed by atoms with Gasteiger partial charge in [0.1, 0.15) is 5.82 Å². The Labute approximate surface area is 117 Å². The molecular formula is C17H17FN2. The number of benzene rings is 1. The van der Waals surface area contributed by atoms with Gasteiger partial charge in [0.2, 0.25) is 0 Å². The van der Waals surface area contributed by atoms with Crippen LogP contribution in [-0.4, -0.2) is 11.5 Å². The molecule has 1 aromatic heterocycles. The van der Waals surface area contributed by atoms with Crippen molar-refractivity contribution in [1.82, 2.24) is 4.98 Å². The van der Waals surface area contributed by atoms with Crippen LogP contribution in [0.1, 0.15) is 24.1 Å². The number of nitrogens with one attached hydrogen (secondary N) is 1. The summed E-state index contributed by atoms with van der Waals surface area (Å²) < 4.78 is 13.9. The molecule has 102 valence electrons. The highest BCUT2D eigenvalue weighted by molar-refractivity contribution is 5.64. The Bertz CT molecular complexity index is 773. The normalized spacial score (nSPS) is 16.9. The molecule has 0 bridgehead atoms. The topological polar surface area (TPSA) is 19.0 Å². The van der Waals surface area contributed by atoms with Crippen LogP contribution in [0, 0.1) is 5.82 Å². The van der Waals surface area contributed by atoms with Crippen LogP contribution >= 0.6 is 0 Å². The molecular weight excluding hydrogens is 251 g/mol. The zero-order valence-electron chi connectivity index (χ0n) is 11.3. The number of hydrogen-bond acceptors (Lipinski definition) is 1. The highest BCUT2D eigenvalue weighted by Gasteiger charge is 2.17. The van der Waals surface area contributed by atoms with E-state index in [-0.39, 0.29) is 5.82 Å². The van der Waals surface area contributed by atoms with E-state index in [0.717, 1.165) is 18.3 Å². The van der Waals surface area contributed by atoms with E-state index < -0.39 is 0 Å². The van der Waals surface area contributed by atoms with E-state index in [4.69, 9.17) is 0 Å². The molecule has 2 heterocycles. The summed E-state index contributed by atoms with van der Waals surface area (Å²) in [6.07, 6.45) is 9.13. The predicted octanol–water partition coefficient (Wildman–Crippen LogP) is 2.07. The summed E-state index contributed by atoms with van der Waals surface area (Å²) in [5.41, 5.74) is 3.50. The number of aromatic amines is 1. The van der Waals surface area contributed by atoms with E-state index in [1.165, 1.54) is 41.8 Å². The van der Waals surface area contributed by atoms with Crippen molar-refractivity contribution in [3.8, 4) is 0 Å². The zero-order valence-corrected chi connectivity index (χ0v) is 11.3. The van der Waals surface area contributed by atoms with Gasteiger partial charge in [0.25, 0.3) is 0 Å². The number of aromatic nitrogens is 1. The molecule has 4 rings (SSSR count). The lowest BCUT2D eigenvalue weighted by Crippen LogP contribution is -2.36. The number of halogens is 1. The van der Waals surface area contributed by atoms with Gasteiger partial charge < -0.3 is 9.88 Å². The molecule has 2 aliphatic rings. The third kappa shape index (κ3) is 1.77. The second-order valence-electron chi connectivity index (χ2n) is 5.55. The predicted molar refractivity (Wildman–Crippen MR) is 79.4 cm³/mol. The maximum atomic E-state index is 13.9. The molecule has 2 aromatic rings. The van der Waals surface area contributed by atoms with Gasteiger partial charge in [-0.25, -0.2) is 4.39 Å². The van der Waals surface area contributed by atoms with Crippen molar-refractivity contribution in [2.24, 2.45) is 0 Å². The van der Waals surface area contributed by atoms with Gasteiger partial charge in [-0.15, -0.1) is 0 Å². The third-order valence-corrected chi connectivity index (χ3v) is 4.31. The molecule has 0 spiro atoms. The monoisotopic (exact) mass is 268 g/mol. The van der Waals surface area contributed by atoms with Gasteiger partial charge in [-0.2, -0.15) is 0 Å². The second kappa shape index (κ2) is 4.51. The summed E-state index contributed by atoms with van der Waals surface area (Å²) in [5.74, 6) is -0.170. The Kier molecular flexibility index (Phi) is 2.66. The largest absolute Gasteiger partial charge is 0.357 e. The Morgan fingerprint density at radius 3 is 2.85 bits per heavy atom. The number of hydrogen-bond donors (Lipinski definition) is 1. The van der Waals surface area contributed by atoms with Crippen LogP contribution in [-0.2, 0) is 12.8 Å². The Morgan fingerprint density at radius 1 is 1.10 bits per heavy atom. The summed E-state index contributed by atoms with van der Waals surface area (Å²) in [6, 6.07) is 6.94. The fourth-order valence-corrected chi connectivity index (χ4v) is 3.32. The van der Waals surface area contributed by atoms with Crippen molar-refractivity contribution >= 4 is 18.0 Å². The van der Waals surface area contributed by atoms with Crippen LogP contribution in [0.4, 0.5) is 10.1 Å². The Morgan fingerprint density at radius 2 is 1.95 bits per heavy atom. The number of fused-ring (bicyclic) bond motifs is 3. The van der Waals surface area contributed by atoms with Gasteiger partial charge in [-0.05, 0) is 43.4 Å². The molecule has 1 aliphatic carbocycles. The first-order chi connectivity index (χ1) is 9.83. The molecule has 0 amide bonds. The minimum Gasteiger partial charge on any atom is -0.357 e. The smallest absolute Gasteiger partial charge is 0.146 e. The van der Waals surface area contributed by atoms with Crippen molar-refractivity contribution in [2.45, 2.75) is 25.7 Å². The lowest BCUT2D eigenvalue weighted by molar-refractivity contribution is 0.627. The van der Waals surface area contributed by atoms with Crippen molar-refractivity contribution in [3.63, 3.8) is 0 Å². The Balaban J connectivity index is 1.82. The van der Waals surface area contributed by atoms with Gasteiger partial charge in [0.05, 0.1) is 11.0 Å². The molecule has 1 aliphatic heterocycles. The lowest BCUT2D eigenvalue weighted by atomic mass is 9.96. The number of para-hydroxylation sites is 1. The molecule has 0 fully saturated rings. The quantitative estimate of drug-likeness (QED) is 0.839. The average molecular weight is 268 g/mol. The average Bonchev–Trinajstić information content (AvgIpc) is 2.85. The van der Waals surface area contributed by atoms with E-state index >= 15 is 0 Å². The van der Waals surface area contributed by atoms with Crippen molar-refractivity contribution in [1.29, 1.82) is 0 Å². The summed E-state index contributed by atoms with van der Waals surface area (Å²) in [7, 11) is 0. The highest BCUT2D eigenvalue weighted by Crippen LogP contribution is 2.20. The van der Waals surface area contributed by atoms with E-state index in [2.05, 4.69) is 11.1 Å². The molecule has 1 N–H and O–H groups in total. The van der Waals surface area contributed by atoms with E-state index in [0.29, 0.717) is 5.69 Å². The van der Waals surface area contributed by atoms with Crippen LogP contribution in [0.2, 0.25) is 0 Å². The summed E-state index contributed by atoms with van der Waals surface area (Å²) in [5, 5.41) is 2.47. The molecule has 0 unspecified atom stereocenters. The maximum Gasteiger partial charge on any atom is 0.146 e. The van der Waals surface area contributed by atoms with Crippen LogP contribution < -0.4 is 15.5 Å². The van der Waals surface area contributed by atoms with Gasteiger partial charge in [0.15, 0.2) is 0 Å². The van der Waals surface area contributed by atoms with E-state index in [1.54, 1.807) is 6.07 Å². The summed E-state index contributed by atoms with van der Waals surface area (Å²) in [4.78, 5) is 5.49. The minimum absolute atomic E-state index is 0.170. The van der Waals surface area contributed by atoms with Crippen LogP contribution in [0.15, 0.2) is 24.3 Å². The van der Waals surface area contributed by atoms with Gasteiger partial charge in [-0.3, -0.25) is 0 Å². The lowest BCUT2D eigenvalue weighted by Gasteiger charge is -2.21. The van der Waals surface area contributed by atoms with Crippen LogP contribution in [0.25, 0.3) is 12.3 Å². The minimum atomic E-state index is -0.170. The fraction of sp³-hybridized carbons (Fsp3) is 0.294. The number of anilines is 1. The fourth-order valence-electron chi connectivity index (χ4n) is 3.32. The van der Waals surface area contributed by atoms with Crippen molar-refractivity contribution in [2.75, 3.05) is 11.4 Å². The van der Waals surface area contributed by atoms with Crippen LogP contribution in [0.5, 0.6) is 0 Å². The molecule has 1 aromatic carbocycles. The molecule has 2 nitrogen and oxygen atoms in total. The van der Waals surface area contributed by atoms with Gasteiger partial charge >= 0.3 is 0 Å². The molecule has 0 atom stereocenters. The molecule has 0 radical (unpaired) electrons. The zero-order chi connectivity index (χ0) is 13.5. The SMILES string of the molecule is Fc1ccccc1N1C=c2[nH]c3c(c2=CC1)CCCC3. The molecule has 3 heteroatoms. The molecule has 0 saturated heterocycles. The van der Waals surface area contributed by atoms with Gasteiger partial charge in [0, 0.05) is 23.7 Å². The molecule has 0 saturated carbocycles. The number of nitrogens with zero attached hydrogens (tertiary/aromatic N) is 1. The maximum absolute atomic E-state index is 13.9. The van der Waals surface area contributed by atoms with Crippen LogP contribution in [0.3, 0.4) is 0 Å². The van der Waals surface area contributed by atoms with E-state index in [1.807, 2.05) is 23.2 Å². The number of H-pyrrole nitrogens is 1. The van der Waals surface area contributed by atoms with Gasteiger partial charge in [-0.1, -0.05) is 18.2 Å². The third-order valence-electron chi connectivity index (χ3n) is 4.31. The molecule has 20 heavy (non-hydrogen) atoms. The second-order valence-corrected chi connectivity index (χ2v) is 5.55. The van der Waals surface area contributed by atoms with Crippen molar-refractivity contribution < 1.29 is 4.39 Å². The van der Waals surface area contributed by atoms with E-state index in [9.17, 15) is 4.39 Å². The number of rotatable bonds is 1.